The number of benzene rings is 2. The maximum absolute atomic E-state index is 11.9. The molecule has 0 aliphatic rings. The Hall–Kier alpha value is -2.33. The predicted molar refractivity (Wildman–Crippen MR) is 80.8 cm³/mol. The van der Waals surface area contributed by atoms with Crippen molar-refractivity contribution in [3.05, 3.63) is 71.8 Å². The summed E-state index contributed by atoms with van der Waals surface area (Å²) in [6.45, 7) is 0. The second kappa shape index (κ2) is 6.90. The van der Waals surface area contributed by atoms with Crippen molar-refractivity contribution in [3.63, 3.8) is 0 Å². The lowest BCUT2D eigenvalue weighted by molar-refractivity contribution is -0.00997. The van der Waals surface area contributed by atoms with Crippen LogP contribution in [0.3, 0.4) is 0 Å². The Labute approximate surface area is 124 Å². The largest absolute Gasteiger partial charge is 0.438 e. The van der Waals surface area contributed by atoms with Gasteiger partial charge >= 0.3 is 6.09 Å². The maximum atomic E-state index is 11.9. The van der Waals surface area contributed by atoms with E-state index in [0.717, 1.165) is 5.56 Å². The van der Waals surface area contributed by atoms with Gasteiger partial charge in [-0.2, -0.15) is 0 Å². The third-order valence-electron chi connectivity index (χ3n) is 3.15. The van der Waals surface area contributed by atoms with Crippen LogP contribution in [0.1, 0.15) is 23.3 Å². The quantitative estimate of drug-likeness (QED) is 0.938. The minimum absolute atomic E-state index is 0.487. The van der Waals surface area contributed by atoms with Crippen molar-refractivity contribution >= 4 is 6.09 Å². The van der Waals surface area contributed by atoms with Gasteiger partial charge in [-0.3, -0.25) is 0 Å². The lowest BCUT2D eigenvalue weighted by Crippen LogP contribution is -2.27. The number of aliphatic hydroxyl groups excluding tert-OH is 1. The molecule has 0 heterocycles. The lowest BCUT2D eigenvalue weighted by atomic mass is 9.98. The molecule has 0 aliphatic carbocycles. The molecule has 4 nitrogen and oxygen atoms in total. The third kappa shape index (κ3) is 3.83. The monoisotopic (exact) mass is 285 g/mol. The van der Waals surface area contributed by atoms with Crippen molar-refractivity contribution in [2.24, 2.45) is 0 Å². The number of hydrogen-bond donors (Lipinski definition) is 1. The first-order valence-electron chi connectivity index (χ1n) is 6.75. The zero-order valence-electron chi connectivity index (χ0n) is 12.1. The van der Waals surface area contributed by atoms with Crippen LogP contribution in [-0.4, -0.2) is 30.2 Å². The molecular weight excluding hydrogens is 266 g/mol. The Bertz CT molecular complexity index is 569. The first-order chi connectivity index (χ1) is 10.1. The molecule has 2 aromatic carbocycles. The topological polar surface area (TPSA) is 49.8 Å². The molecule has 0 unspecified atom stereocenters. The van der Waals surface area contributed by atoms with Crippen LogP contribution >= 0.6 is 0 Å². The zero-order chi connectivity index (χ0) is 15.2. The predicted octanol–water partition coefficient (Wildman–Crippen LogP) is 3.16. The molecule has 1 amide bonds. The Morgan fingerprint density at radius 1 is 0.952 bits per heavy atom. The van der Waals surface area contributed by atoms with E-state index in [1.165, 1.54) is 4.90 Å². The Morgan fingerprint density at radius 2 is 1.43 bits per heavy atom. The van der Waals surface area contributed by atoms with E-state index in [4.69, 9.17) is 4.74 Å². The molecule has 0 aromatic heterocycles. The molecule has 21 heavy (non-hydrogen) atoms. The SMILES string of the molecule is CN(C)C(=O)O[C@@H](c1ccccc1)[C@@H](O)c1ccccc1. The van der Waals surface area contributed by atoms with E-state index in [-0.39, 0.29) is 0 Å². The molecule has 110 valence electrons. The molecule has 0 radical (unpaired) electrons. The van der Waals surface area contributed by atoms with Crippen LogP contribution in [0.4, 0.5) is 4.79 Å². The Morgan fingerprint density at radius 3 is 1.90 bits per heavy atom. The van der Waals surface area contributed by atoms with E-state index in [1.807, 2.05) is 60.7 Å². The average Bonchev–Trinajstić information content (AvgIpc) is 2.53. The zero-order valence-corrected chi connectivity index (χ0v) is 12.1. The second-order valence-electron chi connectivity index (χ2n) is 4.96. The van der Waals surface area contributed by atoms with E-state index in [0.29, 0.717) is 5.56 Å². The lowest BCUT2D eigenvalue weighted by Gasteiger charge is -2.25. The number of hydrogen-bond acceptors (Lipinski definition) is 3. The summed E-state index contributed by atoms with van der Waals surface area (Å²) in [4.78, 5) is 13.2. The minimum Gasteiger partial charge on any atom is -0.438 e. The highest BCUT2D eigenvalue weighted by atomic mass is 16.6. The molecule has 2 rings (SSSR count). The van der Waals surface area contributed by atoms with Gasteiger partial charge in [0.2, 0.25) is 0 Å². The van der Waals surface area contributed by atoms with Crippen LogP contribution in [-0.2, 0) is 4.74 Å². The molecule has 0 fully saturated rings. The van der Waals surface area contributed by atoms with E-state index in [2.05, 4.69) is 0 Å². The van der Waals surface area contributed by atoms with Gasteiger partial charge in [0.05, 0.1) is 0 Å². The highest BCUT2D eigenvalue weighted by molar-refractivity contribution is 5.67. The number of ether oxygens (including phenoxy) is 1. The number of rotatable bonds is 4. The van der Waals surface area contributed by atoms with Gasteiger partial charge < -0.3 is 14.7 Å². The fraction of sp³-hybridized carbons (Fsp3) is 0.235. The smallest absolute Gasteiger partial charge is 0.409 e. The summed E-state index contributed by atoms with van der Waals surface area (Å²) in [5.41, 5.74) is 1.46. The summed E-state index contributed by atoms with van der Waals surface area (Å²) in [7, 11) is 3.22. The van der Waals surface area contributed by atoms with Crippen LogP contribution in [0.5, 0.6) is 0 Å². The number of nitrogens with zero attached hydrogens (tertiary/aromatic N) is 1. The third-order valence-corrected chi connectivity index (χ3v) is 3.15. The summed E-state index contributed by atoms with van der Waals surface area (Å²) in [6.07, 6.45) is -2.15. The summed E-state index contributed by atoms with van der Waals surface area (Å²) in [5, 5.41) is 10.6. The minimum atomic E-state index is -0.919. The Kier molecular flexibility index (Phi) is 4.95. The van der Waals surface area contributed by atoms with E-state index >= 15 is 0 Å². The van der Waals surface area contributed by atoms with Gasteiger partial charge in [0.1, 0.15) is 6.10 Å². The van der Waals surface area contributed by atoms with Crippen molar-refractivity contribution in [2.75, 3.05) is 14.1 Å². The fourth-order valence-corrected chi connectivity index (χ4v) is 2.00. The maximum Gasteiger partial charge on any atom is 0.409 e. The van der Waals surface area contributed by atoms with Crippen LogP contribution in [0.15, 0.2) is 60.7 Å². The van der Waals surface area contributed by atoms with Crippen molar-refractivity contribution in [1.82, 2.24) is 4.90 Å². The summed E-state index contributed by atoms with van der Waals surface area (Å²) in [6, 6.07) is 18.4. The van der Waals surface area contributed by atoms with Gasteiger partial charge in [0.15, 0.2) is 6.10 Å². The second-order valence-corrected chi connectivity index (χ2v) is 4.96. The molecule has 4 heteroatoms. The van der Waals surface area contributed by atoms with Gasteiger partial charge in [0, 0.05) is 14.1 Å². The van der Waals surface area contributed by atoms with Crippen LogP contribution < -0.4 is 0 Å². The van der Waals surface area contributed by atoms with Crippen molar-refractivity contribution in [1.29, 1.82) is 0 Å². The van der Waals surface area contributed by atoms with Crippen molar-refractivity contribution in [2.45, 2.75) is 12.2 Å². The molecule has 2 atom stereocenters. The molecular formula is C17H19NO3. The van der Waals surface area contributed by atoms with Crippen LogP contribution in [0.2, 0.25) is 0 Å². The first-order valence-corrected chi connectivity index (χ1v) is 6.75. The van der Waals surface area contributed by atoms with Gasteiger partial charge in [-0.15, -0.1) is 0 Å². The molecule has 0 saturated carbocycles. The van der Waals surface area contributed by atoms with Crippen LogP contribution in [0.25, 0.3) is 0 Å². The highest BCUT2D eigenvalue weighted by Gasteiger charge is 2.27. The van der Waals surface area contributed by atoms with Crippen LogP contribution in [0, 0.1) is 0 Å². The molecule has 1 N–H and O–H groups in total. The van der Waals surface area contributed by atoms with E-state index < -0.39 is 18.3 Å². The number of carbonyl (C=O) groups excluding carboxylic acids is 1. The van der Waals surface area contributed by atoms with Crippen molar-refractivity contribution in [3.8, 4) is 0 Å². The van der Waals surface area contributed by atoms with Gasteiger partial charge in [0.25, 0.3) is 0 Å². The Balaban J connectivity index is 2.30. The summed E-state index contributed by atoms with van der Waals surface area (Å²) < 4.78 is 5.45. The molecule has 2 aromatic rings. The fourth-order valence-electron chi connectivity index (χ4n) is 2.00. The summed E-state index contributed by atoms with van der Waals surface area (Å²) in [5.74, 6) is 0. The summed E-state index contributed by atoms with van der Waals surface area (Å²) >= 11 is 0. The van der Waals surface area contributed by atoms with E-state index in [1.54, 1.807) is 14.1 Å². The van der Waals surface area contributed by atoms with Crippen molar-refractivity contribution < 1.29 is 14.6 Å². The molecule has 0 saturated heterocycles. The number of amides is 1. The first kappa shape index (κ1) is 15.1. The molecule has 0 bridgehead atoms. The normalized spacial score (nSPS) is 13.3. The molecule has 0 aliphatic heterocycles. The standard InChI is InChI=1S/C17H19NO3/c1-18(2)17(20)21-16(14-11-7-4-8-12-14)15(19)13-9-5-3-6-10-13/h3-12,15-16,19H,1-2H3/t15-,16-/m0/s1. The number of aliphatic hydroxyl groups is 1. The van der Waals surface area contributed by atoms with Gasteiger partial charge in [-0.25, -0.2) is 4.79 Å². The van der Waals surface area contributed by atoms with E-state index in [9.17, 15) is 9.90 Å². The average molecular weight is 285 g/mol. The van der Waals surface area contributed by atoms with Gasteiger partial charge in [-0.05, 0) is 11.1 Å². The molecule has 0 spiro atoms. The van der Waals surface area contributed by atoms with Gasteiger partial charge in [-0.1, -0.05) is 60.7 Å². The highest BCUT2D eigenvalue weighted by Crippen LogP contribution is 2.32. The number of carbonyl (C=O) groups is 1.